The molecule has 3 amide bonds. The summed E-state index contributed by atoms with van der Waals surface area (Å²) in [5.41, 5.74) is 0.679. The Morgan fingerprint density at radius 1 is 1.24 bits per heavy atom. The van der Waals surface area contributed by atoms with Crippen molar-refractivity contribution in [3.63, 3.8) is 0 Å². The van der Waals surface area contributed by atoms with Gasteiger partial charge in [-0.2, -0.15) is 4.31 Å². The number of carbonyl (C=O) groups excluding carboxylic acids is 3. The molecular formula is C22H21FN4O5S2. The van der Waals surface area contributed by atoms with E-state index in [1.54, 1.807) is 30.6 Å². The number of imide groups is 1. The van der Waals surface area contributed by atoms with E-state index in [0.717, 1.165) is 33.1 Å². The van der Waals surface area contributed by atoms with Crippen LogP contribution in [0.3, 0.4) is 0 Å². The van der Waals surface area contributed by atoms with Crippen molar-refractivity contribution in [3.8, 4) is 0 Å². The molecule has 1 unspecified atom stereocenters. The van der Waals surface area contributed by atoms with Gasteiger partial charge in [-0.05, 0) is 54.4 Å². The molecular weight excluding hydrogens is 483 g/mol. The Labute approximate surface area is 200 Å². The number of hydrogen-bond acceptors (Lipinski definition) is 7. The third-order valence-electron chi connectivity index (χ3n) is 5.42. The lowest BCUT2D eigenvalue weighted by molar-refractivity contribution is -0.125. The second-order valence-corrected chi connectivity index (χ2v) is 10.5. The first kappa shape index (κ1) is 24.0. The zero-order chi connectivity index (χ0) is 24.3. The normalized spacial score (nSPS) is 20.3. The number of amides is 3. The maximum Gasteiger partial charge on any atom is 0.293 e. The Morgan fingerprint density at radius 2 is 2.03 bits per heavy atom. The molecule has 1 aromatic carbocycles. The molecule has 1 atom stereocenters. The maximum absolute atomic E-state index is 14.1. The predicted molar refractivity (Wildman–Crippen MR) is 123 cm³/mol. The number of rotatable bonds is 7. The van der Waals surface area contributed by atoms with Crippen molar-refractivity contribution >= 4 is 44.9 Å². The summed E-state index contributed by atoms with van der Waals surface area (Å²) < 4.78 is 40.9. The van der Waals surface area contributed by atoms with E-state index in [1.807, 2.05) is 0 Å². The van der Waals surface area contributed by atoms with Crippen molar-refractivity contribution in [1.29, 1.82) is 0 Å². The first-order valence-corrected chi connectivity index (χ1v) is 12.7. The highest BCUT2D eigenvalue weighted by Crippen LogP contribution is 2.32. The van der Waals surface area contributed by atoms with Gasteiger partial charge in [0.1, 0.15) is 16.8 Å². The van der Waals surface area contributed by atoms with Gasteiger partial charge >= 0.3 is 0 Å². The minimum atomic E-state index is -4.20. The number of pyridine rings is 1. The highest BCUT2D eigenvalue weighted by Gasteiger charge is 2.40. The van der Waals surface area contributed by atoms with Gasteiger partial charge < -0.3 is 5.32 Å². The van der Waals surface area contributed by atoms with Gasteiger partial charge in [-0.15, -0.1) is 0 Å². The third-order valence-corrected chi connectivity index (χ3v) is 8.27. The van der Waals surface area contributed by atoms with Gasteiger partial charge in [0.05, 0.1) is 4.91 Å². The molecule has 178 valence electrons. The van der Waals surface area contributed by atoms with Crippen LogP contribution in [0.25, 0.3) is 6.08 Å². The summed E-state index contributed by atoms with van der Waals surface area (Å²) in [6.45, 7) is -0.00824. The second kappa shape index (κ2) is 10.0. The van der Waals surface area contributed by atoms with E-state index in [4.69, 9.17) is 0 Å². The fourth-order valence-electron chi connectivity index (χ4n) is 3.78. The molecule has 2 saturated heterocycles. The van der Waals surface area contributed by atoms with Crippen molar-refractivity contribution in [3.05, 3.63) is 65.1 Å². The average molecular weight is 505 g/mol. The molecule has 2 aliphatic rings. The summed E-state index contributed by atoms with van der Waals surface area (Å²) in [5, 5.41) is 2.14. The van der Waals surface area contributed by atoms with Crippen LogP contribution >= 0.6 is 11.8 Å². The first-order valence-electron chi connectivity index (χ1n) is 10.5. The molecule has 0 saturated carbocycles. The number of sulfonamides is 1. The topological polar surface area (TPSA) is 117 Å². The van der Waals surface area contributed by atoms with Gasteiger partial charge in [-0.25, -0.2) is 12.8 Å². The van der Waals surface area contributed by atoms with E-state index < -0.39 is 43.8 Å². The van der Waals surface area contributed by atoms with Crippen LogP contribution < -0.4 is 5.32 Å². The summed E-state index contributed by atoms with van der Waals surface area (Å²) in [6, 6.07) is 7.49. The molecule has 4 rings (SSSR count). The summed E-state index contributed by atoms with van der Waals surface area (Å²) in [4.78, 5) is 42.3. The average Bonchev–Trinajstić information content (AvgIpc) is 3.41. The number of thioether (sulfide) groups is 1. The highest BCUT2D eigenvalue weighted by molar-refractivity contribution is 8.18. The van der Waals surface area contributed by atoms with E-state index in [1.165, 1.54) is 12.1 Å². The predicted octanol–water partition coefficient (Wildman–Crippen LogP) is 2.23. The quantitative estimate of drug-likeness (QED) is 0.575. The van der Waals surface area contributed by atoms with Gasteiger partial charge in [0.15, 0.2) is 0 Å². The SMILES string of the molecule is O=C(NCCN1C(=O)S/C(=C\c2cccnc2)C1=O)C1CCCN1S(=O)(=O)c1ccccc1F. The van der Waals surface area contributed by atoms with Gasteiger partial charge in [0, 0.05) is 32.0 Å². The van der Waals surface area contributed by atoms with Crippen LogP contribution in [0.4, 0.5) is 9.18 Å². The van der Waals surface area contributed by atoms with Crippen molar-refractivity contribution in [2.24, 2.45) is 0 Å². The Bertz CT molecular complexity index is 1250. The Balaban J connectivity index is 1.37. The molecule has 0 radical (unpaired) electrons. The molecule has 34 heavy (non-hydrogen) atoms. The van der Waals surface area contributed by atoms with Gasteiger partial charge in [0.2, 0.25) is 15.9 Å². The largest absolute Gasteiger partial charge is 0.353 e. The molecule has 1 N–H and O–H groups in total. The molecule has 12 heteroatoms. The van der Waals surface area contributed by atoms with E-state index in [-0.39, 0.29) is 31.0 Å². The molecule has 0 bridgehead atoms. The van der Waals surface area contributed by atoms with Crippen molar-refractivity contribution in [1.82, 2.24) is 19.5 Å². The Kier molecular flexibility index (Phi) is 7.10. The summed E-state index contributed by atoms with van der Waals surface area (Å²) in [6.07, 6.45) is 5.47. The number of aromatic nitrogens is 1. The molecule has 2 aromatic rings. The number of carbonyl (C=O) groups is 3. The van der Waals surface area contributed by atoms with E-state index in [9.17, 15) is 27.2 Å². The van der Waals surface area contributed by atoms with Crippen molar-refractivity contribution in [2.45, 2.75) is 23.8 Å². The van der Waals surface area contributed by atoms with Crippen LogP contribution in [-0.2, 0) is 19.6 Å². The first-order chi connectivity index (χ1) is 16.3. The third kappa shape index (κ3) is 4.88. The number of benzene rings is 1. The van der Waals surface area contributed by atoms with Crippen LogP contribution in [0.15, 0.2) is 58.6 Å². The van der Waals surface area contributed by atoms with E-state index in [2.05, 4.69) is 10.3 Å². The van der Waals surface area contributed by atoms with Gasteiger partial charge in [0.25, 0.3) is 11.1 Å². The van der Waals surface area contributed by atoms with Crippen molar-refractivity contribution in [2.75, 3.05) is 19.6 Å². The van der Waals surface area contributed by atoms with Crippen molar-refractivity contribution < 1.29 is 27.2 Å². The summed E-state index contributed by atoms with van der Waals surface area (Å²) >= 11 is 0.798. The number of hydrogen-bond donors (Lipinski definition) is 1. The van der Waals surface area contributed by atoms with Crippen LogP contribution in [0.2, 0.25) is 0 Å². The zero-order valence-corrected chi connectivity index (χ0v) is 19.5. The Morgan fingerprint density at radius 3 is 2.76 bits per heavy atom. The summed E-state index contributed by atoms with van der Waals surface area (Å²) in [5.74, 6) is -1.92. The highest BCUT2D eigenvalue weighted by atomic mass is 32.2. The van der Waals surface area contributed by atoms with E-state index in [0.29, 0.717) is 12.0 Å². The minimum Gasteiger partial charge on any atom is -0.353 e. The van der Waals surface area contributed by atoms with E-state index >= 15 is 0 Å². The molecule has 9 nitrogen and oxygen atoms in total. The Hall–Kier alpha value is -3.09. The van der Waals surface area contributed by atoms with Crippen LogP contribution in [0, 0.1) is 5.82 Å². The van der Waals surface area contributed by atoms with Crippen LogP contribution in [-0.4, -0.2) is 65.3 Å². The fourth-order valence-corrected chi connectivity index (χ4v) is 6.37. The lowest BCUT2D eigenvalue weighted by atomic mass is 10.2. The van der Waals surface area contributed by atoms with Crippen LogP contribution in [0.1, 0.15) is 18.4 Å². The molecule has 0 aliphatic carbocycles. The standard InChI is InChI=1S/C22H21FN4O5S2/c23-16-6-1-2-8-19(16)34(31,32)27-11-4-7-17(27)20(28)25-10-12-26-21(29)18(33-22(26)30)13-15-5-3-9-24-14-15/h1-3,5-6,8-9,13-14,17H,4,7,10-12H2,(H,25,28)/b18-13-. The maximum atomic E-state index is 14.1. The summed E-state index contributed by atoms with van der Waals surface area (Å²) in [7, 11) is -4.20. The molecule has 0 spiro atoms. The lowest BCUT2D eigenvalue weighted by Crippen LogP contribution is -2.47. The van der Waals surface area contributed by atoms with Gasteiger partial charge in [-0.1, -0.05) is 18.2 Å². The van der Waals surface area contributed by atoms with Gasteiger partial charge in [-0.3, -0.25) is 24.3 Å². The fraction of sp³-hybridized carbons (Fsp3) is 0.273. The number of nitrogens with zero attached hydrogens (tertiary/aromatic N) is 3. The zero-order valence-electron chi connectivity index (χ0n) is 17.9. The minimum absolute atomic E-state index is 0.0405. The van der Waals surface area contributed by atoms with Crippen LogP contribution in [0.5, 0.6) is 0 Å². The number of nitrogens with one attached hydrogen (secondary N) is 1. The molecule has 2 aliphatic heterocycles. The molecule has 2 fully saturated rings. The second-order valence-electron chi connectivity index (χ2n) is 7.61. The monoisotopic (exact) mass is 504 g/mol. The lowest BCUT2D eigenvalue weighted by Gasteiger charge is -2.24. The smallest absolute Gasteiger partial charge is 0.293 e. The number of halogens is 1. The molecule has 1 aromatic heterocycles. The molecule has 3 heterocycles.